The maximum Gasteiger partial charge on any atom is 0.255 e. The average Bonchev–Trinajstić information content (AvgIpc) is 2.65. The second-order valence-electron chi connectivity index (χ2n) is 6.42. The Morgan fingerprint density at radius 2 is 1.96 bits per heavy atom. The summed E-state index contributed by atoms with van der Waals surface area (Å²) in [6.07, 6.45) is 8.11. The molecule has 0 heterocycles. The average molecular weight is 390 g/mol. The topological polar surface area (TPSA) is 29.1 Å². The number of thioether (sulfide) groups is 1. The summed E-state index contributed by atoms with van der Waals surface area (Å²) in [5.41, 5.74) is 2.08. The molecule has 1 amide bonds. The maximum absolute atomic E-state index is 13.3. The lowest BCUT2D eigenvalue weighted by Gasteiger charge is -2.22. The Morgan fingerprint density at radius 1 is 1.19 bits per heavy atom. The monoisotopic (exact) mass is 389 g/mol. The third-order valence-electron chi connectivity index (χ3n) is 4.52. The van der Waals surface area contributed by atoms with Crippen molar-refractivity contribution in [2.45, 2.75) is 42.2 Å². The number of benzene rings is 2. The van der Waals surface area contributed by atoms with Gasteiger partial charge >= 0.3 is 0 Å². The molecule has 136 valence electrons. The second-order valence-corrected chi connectivity index (χ2v) is 8.17. The highest BCUT2D eigenvalue weighted by Gasteiger charge is 2.17. The molecule has 26 heavy (non-hydrogen) atoms. The minimum atomic E-state index is -0.508. The van der Waals surface area contributed by atoms with Gasteiger partial charge in [0.05, 0.1) is 5.02 Å². The minimum absolute atomic E-state index is 0.0154. The lowest BCUT2D eigenvalue weighted by Crippen LogP contribution is -2.13. The van der Waals surface area contributed by atoms with Gasteiger partial charge in [0.15, 0.2) is 0 Å². The molecule has 0 atom stereocenters. The Morgan fingerprint density at radius 3 is 2.65 bits per heavy atom. The molecule has 1 aliphatic rings. The molecule has 0 aliphatic heterocycles. The fourth-order valence-corrected chi connectivity index (χ4v) is 4.68. The van der Waals surface area contributed by atoms with Crippen LogP contribution in [0.1, 0.15) is 48.0 Å². The van der Waals surface area contributed by atoms with Crippen molar-refractivity contribution in [2.24, 2.45) is 0 Å². The summed E-state index contributed by atoms with van der Waals surface area (Å²) in [6, 6.07) is 9.76. The summed E-state index contributed by atoms with van der Waals surface area (Å²) in [7, 11) is 0. The Balaban J connectivity index is 1.78. The van der Waals surface area contributed by atoms with Gasteiger partial charge < -0.3 is 5.32 Å². The van der Waals surface area contributed by atoms with Crippen LogP contribution < -0.4 is 5.32 Å². The van der Waals surface area contributed by atoms with Gasteiger partial charge in [-0.05, 0) is 48.7 Å². The van der Waals surface area contributed by atoms with Crippen LogP contribution in [-0.4, -0.2) is 11.2 Å². The predicted octanol–water partition coefficient (Wildman–Crippen LogP) is 6.80. The van der Waals surface area contributed by atoms with E-state index < -0.39 is 5.82 Å². The van der Waals surface area contributed by atoms with E-state index in [9.17, 15) is 9.18 Å². The molecule has 0 radical (unpaired) electrons. The highest BCUT2D eigenvalue weighted by atomic mass is 35.5. The quantitative estimate of drug-likeness (QED) is 0.609. The predicted molar refractivity (Wildman–Crippen MR) is 109 cm³/mol. The van der Waals surface area contributed by atoms with Crippen LogP contribution in [0.2, 0.25) is 5.02 Å². The van der Waals surface area contributed by atoms with E-state index in [2.05, 4.69) is 11.9 Å². The first kappa shape index (κ1) is 19.0. The summed E-state index contributed by atoms with van der Waals surface area (Å²) in [5.74, 6) is -0.750. The van der Waals surface area contributed by atoms with Crippen LogP contribution in [-0.2, 0) is 0 Å². The molecule has 1 fully saturated rings. The molecule has 5 heteroatoms. The number of carbonyl (C=O) groups excluding carboxylic acids is 1. The van der Waals surface area contributed by atoms with Crippen LogP contribution in [0, 0.1) is 5.82 Å². The number of hydrogen-bond acceptors (Lipinski definition) is 2. The van der Waals surface area contributed by atoms with E-state index in [1.165, 1.54) is 50.3 Å². The first-order valence-electron chi connectivity index (χ1n) is 8.76. The molecule has 1 saturated carbocycles. The Bertz CT molecular complexity index is 818. The maximum atomic E-state index is 13.3. The summed E-state index contributed by atoms with van der Waals surface area (Å²) >= 11 is 7.61. The molecule has 1 N–H and O–H groups in total. The van der Waals surface area contributed by atoms with E-state index in [0.29, 0.717) is 16.5 Å². The lowest BCUT2D eigenvalue weighted by atomic mass is 10.0. The van der Waals surface area contributed by atoms with Crippen LogP contribution in [0.15, 0.2) is 47.9 Å². The van der Waals surface area contributed by atoms with E-state index in [-0.39, 0.29) is 10.9 Å². The van der Waals surface area contributed by atoms with Gasteiger partial charge in [0.2, 0.25) is 0 Å². The summed E-state index contributed by atoms with van der Waals surface area (Å²) in [5, 5.41) is 3.35. The molecule has 2 aromatic rings. The van der Waals surface area contributed by atoms with Gasteiger partial charge in [0.25, 0.3) is 5.91 Å². The molecule has 0 unspecified atom stereocenters. The van der Waals surface area contributed by atoms with Crippen molar-refractivity contribution in [2.75, 3.05) is 5.32 Å². The molecule has 0 spiro atoms. The number of amides is 1. The van der Waals surface area contributed by atoms with Gasteiger partial charge in [-0.3, -0.25) is 4.79 Å². The SMILES string of the molecule is C=Cc1ccc(C(=O)Nc2ccc(F)c(Cl)c2)cc1SC1CCCCC1. The van der Waals surface area contributed by atoms with Crippen molar-refractivity contribution >= 4 is 41.0 Å². The molecule has 1 aliphatic carbocycles. The van der Waals surface area contributed by atoms with Crippen LogP contribution >= 0.6 is 23.4 Å². The summed E-state index contributed by atoms with van der Waals surface area (Å²) in [4.78, 5) is 13.7. The van der Waals surface area contributed by atoms with Gasteiger partial charge in [-0.25, -0.2) is 4.39 Å². The van der Waals surface area contributed by atoms with Gasteiger partial charge in [-0.1, -0.05) is 49.6 Å². The zero-order valence-corrected chi connectivity index (χ0v) is 16.0. The largest absolute Gasteiger partial charge is 0.322 e. The van der Waals surface area contributed by atoms with Crippen molar-refractivity contribution in [3.05, 3.63) is 64.9 Å². The van der Waals surface area contributed by atoms with Crippen LogP contribution in [0.5, 0.6) is 0 Å². The molecular formula is C21H21ClFNOS. The zero-order valence-electron chi connectivity index (χ0n) is 14.4. The van der Waals surface area contributed by atoms with Crippen molar-refractivity contribution in [1.82, 2.24) is 0 Å². The minimum Gasteiger partial charge on any atom is -0.322 e. The van der Waals surface area contributed by atoms with Crippen LogP contribution in [0.4, 0.5) is 10.1 Å². The van der Waals surface area contributed by atoms with Gasteiger partial charge in [0.1, 0.15) is 5.82 Å². The zero-order chi connectivity index (χ0) is 18.5. The van der Waals surface area contributed by atoms with Gasteiger partial charge in [-0.2, -0.15) is 0 Å². The molecular weight excluding hydrogens is 369 g/mol. The van der Waals surface area contributed by atoms with Gasteiger partial charge in [0, 0.05) is 21.4 Å². The number of rotatable bonds is 5. The first-order chi connectivity index (χ1) is 12.6. The van der Waals surface area contributed by atoms with E-state index >= 15 is 0 Å². The first-order valence-corrected chi connectivity index (χ1v) is 10.0. The van der Waals surface area contributed by atoms with E-state index in [0.717, 1.165) is 10.5 Å². The fraction of sp³-hybridized carbons (Fsp3) is 0.286. The van der Waals surface area contributed by atoms with E-state index in [1.54, 1.807) is 6.07 Å². The standard InChI is InChI=1S/C21H21ClFNOS/c1-2-14-8-9-15(12-20(14)26-17-6-4-3-5-7-17)21(25)24-16-10-11-19(23)18(22)13-16/h2,8-13,17H,1,3-7H2,(H,24,25). The third-order valence-corrected chi connectivity index (χ3v) is 6.22. The van der Waals surface area contributed by atoms with Crippen LogP contribution in [0.3, 0.4) is 0 Å². The highest BCUT2D eigenvalue weighted by Crippen LogP contribution is 2.36. The summed E-state index contributed by atoms with van der Waals surface area (Å²) < 4.78 is 13.3. The Kier molecular flexibility index (Phi) is 6.38. The number of anilines is 1. The number of nitrogens with one attached hydrogen (secondary N) is 1. The Hall–Kier alpha value is -1.78. The van der Waals surface area contributed by atoms with E-state index in [1.807, 2.05) is 30.0 Å². The van der Waals surface area contributed by atoms with Crippen LogP contribution in [0.25, 0.3) is 6.08 Å². The molecule has 0 saturated heterocycles. The fourth-order valence-electron chi connectivity index (χ4n) is 3.09. The molecule has 0 aromatic heterocycles. The van der Waals surface area contributed by atoms with E-state index in [4.69, 9.17) is 11.6 Å². The molecule has 0 bridgehead atoms. The third kappa shape index (κ3) is 4.68. The number of carbonyl (C=O) groups is 1. The highest BCUT2D eigenvalue weighted by molar-refractivity contribution is 8.00. The normalized spacial score (nSPS) is 14.8. The smallest absolute Gasteiger partial charge is 0.255 e. The summed E-state index contributed by atoms with van der Waals surface area (Å²) in [6.45, 7) is 3.88. The van der Waals surface area contributed by atoms with Crippen molar-refractivity contribution in [3.63, 3.8) is 0 Å². The second kappa shape index (κ2) is 8.74. The molecule has 2 nitrogen and oxygen atoms in total. The van der Waals surface area contributed by atoms with Crippen molar-refractivity contribution in [1.29, 1.82) is 0 Å². The molecule has 2 aromatic carbocycles. The molecule has 3 rings (SSSR count). The van der Waals surface area contributed by atoms with Gasteiger partial charge in [-0.15, -0.1) is 11.8 Å². The Labute approximate surface area is 162 Å². The van der Waals surface area contributed by atoms with Crippen molar-refractivity contribution in [3.8, 4) is 0 Å². The number of hydrogen-bond donors (Lipinski definition) is 1. The number of halogens is 2. The van der Waals surface area contributed by atoms with Crippen molar-refractivity contribution < 1.29 is 9.18 Å². The lowest BCUT2D eigenvalue weighted by molar-refractivity contribution is 0.102.